The maximum Gasteiger partial charge on any atom is 0.250 e. The quantitative estimate of drug-likeness (QED) is 0.621. The molecule has 0 fully saturated rings. The maximum absolute atomic E-state index is 11.8. The molecule has 0 saturated heterocycles. The smallest absolute Gasteiger partial charge is 0.250 e. The lowest BCUT2D eigenvalue weighted by Gasteiger charge is -2.10. The third-order valence-electron chi connectivity index (χ3n) is 3.65. The average Bonchev–Trinajstić information content (AvgIpc) is 2.51. The summed E-state index contributed by atoms with van der Waals surface area (Å²) in [5.41, 5.74) is 8.12. The average molecular weight is 342 g/mol. The molecular formula is C19H22N2O2S. The van der Waals surface area contributed by atoms with Gasteiger partial charge in [0.05, 0.1) is 12.0 Å². The summed E-state index contributed by atoms with van der Waals surface area (Å²) < 4.78 is 0. The number of phenolic OH excluding ortho intramolecular Hbond substituents is 1. The Morgan fingerprint density at radius 3 is 2.54 bits per heavy atom. The Kier molecular flexibility index (Phi) is 6.44. The van der Waals surface area contributed by atoms with Gasteiger partial charge in [-0.2, -0.15) is 5.10 Å². The molecule has 0 spiro atoms. The van der Waals surface area contributed by atoms with Gasteiger partial charge in [0.15, 0.2) is 0 Å². The van der Waals surface area contributed by atoms with Crippen LogP contribution >= 0.6 is 11.8 Å². The molecule has 2 aromatic rings. The molecule has 0 bridgehead atoms. The minimum absolute atomic E-state index is 0.134. The first-order valence-corrected chi connectivity index (χ1v) is 8.87. The third-order valence-corrected chi connectivity index (χ3v) is 4.61. The summed E-state index contributed by atoms with van der Waals surface area (Å²) in [7, 11) is 0. The van der Waals surface area contributed by atoms with Crippen molar-refractivity contribution in [1.29, 1.82) is 0 Å². The molecule has 2 aromatic carbocycles. The maximum atomic E-state index is 11.8. The first-order chi connectivity index (χ1) is 11.5. The molecule has 5 heteroatoms. The van der Waals surface area contributed by atoms with E-state index < -0.39 is 0 Å². The molecule has 4 nitrogen and oxygen atoms in total. The molecule has 1 amide bonds. The van der Waals surface area contributed by atoms with Gasteiger partial charge in [0.2, 0.25) is 5.91 Å². The van der Waals surface area contributed by atoms with Gasteiger partial charge >= 0.3 is 0 Å². The summed E-state index contributed by atoms with van der Waals surface area (Å²) in [5.74, 6) is 1.11. The zero-order chi connectivity index (χ0) is 17.5. The lowest BCUT2D eigenvalue weighted by Crippen LogP contribution is -2.19. The Balaban J connectivity index is 1.81. The number of nitrogens with zero attached hydrogens (tertiary/aromatic N) is 1. The number of carbonyl (C=O) groups excluding carboxylic acids is 1. The number of hydrazone groups is 1. The van der Waals surface area contributed by atoms with E-state index in [1.807, 2.05) is 0 Å². The summed E-state index contributed by atoms with van der Waals surface area (Å²) in [5, 5.41) is 13.5. The van der Waals surface area contributed by atoms with Gasteiger partial charge in [-0.3, -0.25) is 4.79 Å². The van der Waals surface area contributed by atoms with Crippen LogP contribution in [0.4, 0.5) is 0 Å². The SMILES string of the molecule is Cc1cc(C)c(CSCC(=O)N/N=C\c2ccccc2O)c(C)c1. The highest BCUT2D eigenvalue weighted by Gasteiger charge is 2.06. The Morgan fingerprint density at radius 1 is 1.21 bits per heavy atom. The number of aromatic hydroxyl groups is 1. The van der Waals surface area contributed by atoms with Gasteiger partial charge in [-0.15, -0.1) is 11.8 Å². The van der Waals surface area contributed by atoms with E-state index in [9.17, 15) is 9.90 Å². The lowest BCUT2D eigenvalue weighted by atomic mass is 10.0. The van der Waals surface area contributed by atoms with Crippen LogP contribution < -0.4 is 5.43 Å². The normalized spacial score (nSPS) is 11.0. The molecule has 0 saturated carbocycles. The summed E-state index contributed by atoms with van der Waals surface area (Å²) in [6, 6.07) is 11.2. The summed E-state index contributed by atoms with van der Waals surface area (Å²) >= 11 is 1.56. The van der Waals surface area contributed by atoms with Crippen LogP contribution in [0.2, 0.25) is 0 Å². The van der Waals surface area contributed by atoms with Crippen LogP contribution in [-0.2, 0) is 10.5 Å². The van der Waals surface area contributed by atoms with E-state index in [1.165, 1.54) is 28.5 Å². The topological polar surface area (TPSA) is 61.7 Å². The van der Waals surface area contributed by atoms with Crippen molar-refractivity contribution in [3.8, 4) is 5.75 Å². The number of thioether (sulfide) groups is 1. The van der Waals surface area contributed by atoms with E-state index in [2.05, 4.69) is 43.4 Å². The minimum Gasteiger partial charge on any atom is -0.507 e. The van der Waals surface area contributed by atoms with Gasteiger partial charge in [0.25, 0.3) is 0 Å². The number of hydrogen-bond donors (Lipinski definition) is 2. The number of carbonyl (C=O) groups is 1. The Bertz CT molecular complexity index is 734. The highest BCUT2D eigenvalue weighted by Crippen LogP contribution is 2.21. The molecule has 126 valence electrons. The number of aryl methyl sites for hydroxylation is 3. The molecule has 24 heavy (non-hydrogen) atoms. The van der Waals surface area contributed by atoms with Gasteiger partial charge in [0, 0.05) is 11.3 Å². The van der Waals surface area contributed by atoms with Gasteiger partial charge < -0.3 is 5.11 Å². The van der Waals surface area contributed by atoms with Crippen LogP contribution in [0.1, 0.15) is 27.8 Å². The first-order valence-electron chi connectivity index (χ1n) is 7.71. The molecule has 0 aliphatic heterocycles. The van der Waals surface area contributed by atoms with Crippen molar-refractivity contribution in [2.24, 2.45) is 5.10 Å². The molecule has 0 aromatic heterocycles. The molecular weight excluding hydrogens is 320 g/mol. The first kappa shape index (κ1) is 18.1. The van der Waals surface area contributed by atoms with E-state index in [0.29, 0.717) is 11.3 Å². The van der Waals surface area contributed by atoms with Crippen LogP contribution in [0.5, 0.6) is 5.75 Å². The minimum atomic E-state index is -0.158. The van der Waals surface area contributed by atoms with Crippen molar-refractivity contribution < 1.29 is 9.90 Å². The fraction of sp³-hybridized carbons (Fsp3) is 0.263. The number of benzene rings is 2. The van der Waals surface area contributed by atoms with Crippen molar-refractivity contribution in [2.45, 2.75) is 26.5 Å². The van der Waals surface area contributed by atoms with Crippen molar-refractivity contribution >= 4 is 23.9 Å². The highest BCUT2D eigenvalue weighted by molar-refractivity contribution is 7.99. The number of para-hydroxylation sites is 1. The number of phenols is 1. The fourth-order valence-corrected chi connectivity index (χ4v) is 3.50. The molecule has 0 heterocycles. The molecule has 0 atom stereocenters. The summed E-state index contributed by atoms with van der Waals surface area (Å²) in [6.45, 7) is 6.30. The van der Waals surface area contributed by atoms with E-state index >= 15 is 0 Å². The zero-order valence-electron chi connectivity index (χ0n) is 14.2. The van der Waals surface area contributed by atoms with E-state index in [4.69, 9.17) is 0 Å². The molecule has 0 unspecified atom stereocenters. The van der Waals surface area contributed by atoms with Crippen LogP contribution in [0.15, 0.2) is 41.5 Å². The number of nitrogens with one attached hydrogen (secondary N) is 1. The van der Waals surface area contributed by atoms with Gasteiger partial charge in [-0.05, 0) is 49.6 Å². The van der Waals surface area contributed by atoms with Crippen LogP contribution in [0, 0.1) is 20.8 Å². The lowest BCUT2D eigenvalue weighted by molar-refractivity contribution is -0.118. The molecule has 2 rings (SSSR count). The molecule has 0 aliphatic rings. The van der Waals surface area contributed by atoms with Crippen LogP contribution in [0.3, 0.4) is 0 Å². The Hall–Kier alpha value is -2.27. The number of hydrogen-bond acceptors (Lipinski definition) is 4. The molecule has 0 aliphatic carbocycles. The second-order valence-electron chi connectivity index (χ2n) is 5.72. The Morgan fingerprint density at radius 2 is 1.88 bits per heavy atom. The highest BCUT2D eigenvalue weighted by atomic mass is 32.2. The second-order valence-corrected chi connectivity index (χ2v) is 6.71. The number of amides is 1. The standard InChI is InChI=1S/C19H22N2O2S/c1-13-8-14(2)17(15(3)9-13)11-24-12-19(23)21-20-10-16-6-4-5-7-18(16)22/h4-10,22H,11-12H2,1-3H3,(H,21,23)/b20-10-. The van der Waals surface area contributed by atoms with E-state index in [-0.39, 0.29) is 11.7 Å². The summed E-state index contributed by atoms with van der Waals surface area (Å²) in [4.78, 5) is 11.8. The van der Waals surface area contributed by atoms with Crippen molar-refractivity contribution in [2.75, 3.05) is 5.75 Å². The number of rotatable bonds is 6. The van der Waals surface area contributed by atoms with Gasteiger partial charge in [-0.1, -0.05) is 29.8 Å². The fourth-order valence-electron chi connectivity index (χ4n) is 2.49. The van der Waals surface area contributed by atoms with Crippen molar-refractivity contribution in [1.82, 2.24) is 5.43 Å². The predicted octanol–water partition coefficient (Wildman–Crippen LogP) is 3.70. The van der Waals surface area contributed by atoms with Crippen LogP contribution in [0.25, 0.3) is 0 Å². The molecule has 2 N–H and O–H groups in total. The summed E-state index contributed by atoms with van der Waals surface area (Å²) in [6.07, 6.45) is 1.44. The Labute approximate surface area is 147 Å². The van der Waals surface area contributed by atoms with Gasteiger partial charge in [0.1, 0.15) is 5.75 Å². The van der Waals surface area contributed by atoms with E-state index in [0.717, 1.165) is 5.75 Å². The largest absolute Gasteiger partial charge is 0.507 e. The monoisotopic (exact) mass is 342 g/mol. The third kappa shape index (κ3) is 5.13. The molecule has 0 radical (unpaired) electrons. The van der Waals surface area contributed by atoms with Crippen LogP contribution in [-0.4, -0.2) is 23.0 Å². The van der Waals surface area contributed by atoms with Crippen molar-refractivity contribution in [3.05, 3.63) is 64.2 Å². The van der Waals surface area contributed by atoms with Crippen molar-refractivity contribution in [3.63, 3.8) is 0 Å². The van der Waals surface area contributed by atoms with E-state index in [1.54, 1.807) is 36.0 Å². The zero-order valence-corrected chi connectivity index (χ0v) is 15.0. The second kappa shape index (κ2) is 8.55. The van der Waals surface area contributed by atoms with Gasteiger partial charge in [-0.25, -0.2) is 5.43 Å². The predicted molar refractivity (Wildman–Crippen MR) is 101 cm³/mol.